The number of rotatable bonds is 4. The van der Waals surface area contributed by atoms with Gasteiger partial charge < -0.3 is 14.7 Å². The number of halogens is 2. The van der Waals surface area contributed by atoms with E-state index in [1.165, 1.54) is 4.90 Å². The van der Waals surface area contributed by atoms with Crippen LogP contribution < -0.4 is 15.0 Å². The van der Waals surface area contributed by atoms with E-state index in [4.69, 9.17) is 27.9 Å². The van der Waals surface area contributed by atoms with Gasteiger partial charge in [0, 0.05) is 30.8 Å². The molecule has 1 aliphatic heterocycles. The monoisotopic (exact) mass is 491 g/mol. The van der Waals surface area contributed by atoms with Crippen molar-refractivity contribution in [3.63, 3.8) is 0 Å². The second kappa shape index (κ2) is 10.6. The lowest BCUT2D eigenvalue weighted by Crippen LogP contribution is -2.65. The third-order valence-electron chi connectivity index (χ3n) is 6.17. The Morgan fingerprint density at radius 1 is 0.970 bits per heavy atom. The Morgan fingerprint density at radius 2 is 1.70 bits per heavy atom. The van der Waals surface area contributed by atoms with Crippen molar-refractivity contribution in [2.45, 2.75) is 44.6 Å². The SMILES string of the molecule is O=C(NC(=O)N1CCN(c2ccccc2)C(Oc2ccc(Cl)c(Cl)c2)C1O)C1CCCCC1. The lowest BCUT2D eigenvalue weighted by atomic mass is 9.89. The molecular weight excluding hydrogens is 465 g/mol. The first kappa shape index (κ1) is 23.7. The number of amides is 3. The van der Waals surface area contributed by atoms with Gasteiger partial charge in [-0.25, -0.2) is 4.79 Å². The zero-order chi connectivity index (χ0) is 23.4. The van der Waals surface area contributed by atoms with Gasteiger partial charge in [0.25, 0.3) is 0 Å². The van der Waals surface area contributed by atoms with Gasteiger partial charge in [0.1, 0.15) is 5.75 Å². The summed E-state index contributed by atoms with van der Waals surface area (Å²) in [5.41, 5.74) is 0.833. The number of carbonyl (C=O) groups is 2. The maximum atomic E-state index is 12.9. The minimum absolute atomic E-state index is 0.159. The number of piperazine rings is 1. The highest BCUT2D eigenvalue weighted by Gasteiger charge is 2.40. The molecule has 3 amide bonds. The van der Waals surface area contributed by atoms with Crippen molar-refractivity contribution in [3.05, 3.63) is 58.6 Å². The Morgan fingerprint density at radius 3 is 2.39 bits per heavy atom. The third-order valence-corrected chi connectivity index (χ3v) is 6.91. The van der Waals surface area contributed by atoms with Gasteiger partial charge in [0.2, 0.25) is 12.1 Å². The molecule has 1 saturated carbocycles. The predicted octanol–water partition coefficient (Wildman–Crippen LogP) is 4.66. The minimum Gasteiger partial charge on any atom is -0.466 e. The van der Waals surface area contributed by atoms with Crippen molar-refractivity contribution in [1.29, 1.82) is 0 Å². The molecular formula is C24H27Cl2N3O4. The number of para-hydroxylation sites is 1. The van der Waals surface area contributed by atoms with Crippen LogP contribution in [0.5, 0.6) is 5.75 Å². The number of aliphatic hydroxyl groups excluding tert-OH is 1. The van der Waals surface area contributed by atoms with Crippen LogP contribution in [0.15, 0.2) is 48.5 Å². The van der Waals surface area contributed by atoms with Gasteiger partial charge in [-0.05, 0) is 37.1 Å². The van der Waals surface area contributed by atoms with Crippen LogP contribution in [0.4, 0.5) is 10.5 Å². The smallest absolute Gasteiger partial charge is 0.326 e. The largest absolute Gasteiger partial charge is 0.466 e. The first-order valence-electron chi connectivity index (χ1n) is 11.2. The first-order valence-corrected chi connectivity index (χ1v) is 11.9. The molecule has 1 heterocycles. The van der Waals surface area contributed by atoms with Crippen LogP contribution in [0.2, 0.25) is 10.0 Å². The topological polar surface area (TPSA) is 82.1 Å². The number of hydrogen-bond donors (Lipinski definition) is 2. The Kier molecular flexibility index (Phi) is 7.63. The van der Waals surface area contributed by atoms with Crippen molar-refractivity contribution in [2.75, 3.05) is 18.0 Å². The van der Waals surface area contributed by atoms with Gasteiger partial charge in [0.05, 0.1) is 10.0 Å². The molecule has 2 fully saturated rings. The van der Waals surface area contributed by atoms with Gasteiger partial charge in [-0.1, -0.05) is 60.7 Å². The Balaban J connectivity index is 1.53. The predicted molar refractivity (Wildman–Crippen MR) is 127 cm³/mol. The second-order valence-corrected chi connectivity index (χ2v) is 9.16. The molecule has 4 rings (SSSR count). The fraction of sp³-hybridized carbons (Fsp3) is 0.417. The first-order chi connectivity index (χ1) is 15.9. The Labute approximate surface area is 203 Å². The van der Waals surface area contributed by atoms with Gasteiger partial charge >= 0.3 is 6.03 Å². The number of anilines is 1. The molecule has 2 aromatic rings. The Hall–Kier alpha value is -2.48. The van der Waals surface area contributed by atoms with Gasteiger partial charge in [-0.15, -0.1) is 0 Å². The number of aliphatic hydroxyl groups is 1. The summed E-state index contributed by atoms with van der Waals surface area (Å²) in [6, 6.07) is 13.7. The van der Waals surface area contributed by atoms with Crippen molar-refractivity contribution in [3.8, 4) is 5.75 Å². The number of nitrogens with one attached hydrogen (secondary N) is 1. The highest BCUT2D eigenvalue weighted by atomic mass is 35.5. The number of carbonyl (C=O) groups excluding carboxylic acids is 2. The van der Waals surface area contributed by atoms with E-state index in [2.05, 4.69) is 5.32 Å². The standard InChI is InChI=1S/C24H27Cl2N3O4/c25-19-12-11-18(15-20(19)26)33-23-22(31)29(14-13-28(23)17-9-5-2-6-10-17)24(32)27-21(30)16-7-3-1-4-8-16/h2,5-6,9-12,15-16,22-23,31H,1,3-4,7-8,13-14H2,(H,27,30,32). The zero-order valence-electron chi connectivity index (χ0n) is 18.1. The summed E-state index contributed by atoms with van der Waals surface area (Å²) in [5.74, 6) is -0.0389. The summed E-state index contributed by atoms with van der Waals surface area (Å²) < 4.78 is 6.10. The average Bonchev–Trinajstić information content (AvgIpc) is 2.83. The quantitative estimate of drug-likeness (QED) is 0.649. The molecule has 9 heteroatoms. The van der Waals surface area contributed by atoms with E-state index in [1.807, 2.05) is 35.2 Å². The van der Waals surface area contributed by atoms with E-state index in [9.17, 15) is 14.7 Å². The lowest BCUT2D eigenvalue weighted by Gasteiger charge is -2.45. The molecule has 0 radical (unpaired) electrons. The maximum Gasteiger partial charge on any atom is 0.326 e. The van der Waals surface area contributed by atoms with Crippen molar-refractivity contribution in [1.82, 2.24) is 10.2 Å². The average molecular weight is 492 g/mol. The van der Waals surface area contributed by atoms with E-state index in [1.54, 1.807) is 18.2 Å². The summed E-state index contributed by atoms with van der Waals surface area (Å²) in [6.45, 7) is 0.624. The number of urea groups is 1. The summed E-state index contributed by atoms with van der Waals surface area (Å²) in [4.78, 5) is 28.6. The maximum absolute atomic E-state index is 12.9. The number of imide groups is 1. The molecule has 33 heavy (non-hydrogen) atoms. The number of nitrogens with zero attached hydrogens (tertiary/aromatic N) is 2. The molecule has 0 bridgehead atoms. The zero-order valence-corrected chi connectivity index (χ0v) is 19.6. The molecule has 2 aliphatic rings. The summed E-state index contributed by atoms with van der Waals surface area (Å²) in [5, 5.41) is 14.4. The molecule has 0 spiro atoms. The molecule has 2 atom stereocenters. The molecule has 7 nitrogen and oxygen atoms in total. The number of benzene rings is 2. The van der Waals surface area contributed by atoms with Crippen LogP contribution in [-0.2, 0) is 4.79 Å². The summed E-state index contributed by atoms with van der Waals surface area (Å²) in [7, 11) is 0. The van der Waals surface area contributed by atoms with E-state index in [0.717, 1.165) is 37.8 Å². The van der Waals surface area contributed by atoms with Crippen LogP contribution in [-0.4, -0.2) is 47.5 Å². The van der Waals surface area contributed by atoms with Crippen LogP contribution >= 0.6 is 23.2 Å². The van der Waals surface area contributed by atoms with Crippen LogP contribution in [0, 0.1) is 5.92 Å². The van der Waals surface area contributed by atoms with Crippen LogP contribution in [0.1, 0.15) is 32.1 Å². The highest BCUT2D eigenvalue weighted by molar-refractivity contribution is 6.42. The Bertz CT molecular complexity index is 985. The second-order valence-electron chi connectivity index (χ2n) is 8.35. The van der Waals surface area contributed by atoms with Crippen LogP contribution in [0.25, 0.3) is 0 Å². The van der Waals surface area contributed by atoms with E-state index < -0.39 is 18.5 Å². The van der Waals surface area contributed by atoms with Gasteiger partial charge in [0.15, 0.2) is 6.23 Å². The van der Waals surface area contributed by atoms with E-state index in [0.29, 0.717) is 22.3 Å². The third kappa shape index (κ3) is 5.54. The molecule has 2 N–H and O–H groups in total. The van der Waals surface area contributed by atoms with E-state index >= 15 is 0 Å². The fourth-order valence-electron chi connectivity index (χ4n) is 4.37. The number of ether oxygens (including phenoxy) is 1. The van der Waals surface area contributed by atoms with E-state index in [-0.39, 0.29) is 18.4 Å². The summed E-state index contributed by atoms with van der Waals surface area (Å²) in [6.07, 6.45) is 2.42. The van der Waals surface area contributed by atoms with Gasteiger partial charge in [-0.3, -0.25) is 15.0 Å². The normalized spacial score (nSPS) is 21.5. The molecule has 0 aromatic heterocycles. The highest BCUT2D eigenvalue weighted by Crippen LogP contribution is 2.30. The van der Waals surface area contributed by atoms with Crippen molar-refractivity contribution < 1.29 is 19.4 Å². The van der Waals surface area contributed by atoms with Gasteiger partial charge in [-0.2, -0.15) is 0 Å². The van der Waals surface area contributed by atoms with Crippen molar-refractivity contribution >= 4 is 40.8 Å². The molecule has 1 saturated heterocycles. The van der Waals surface area contributed by atoms with Crippen molar-refractivity contribution in [2.24, 2.45) is 5.92 Å². The minimum atomic E-state index is -1.33. The lowest BCUT2D eigenvalue weighted by molar-refractivity contribution is -0.125. The molecule has 2 unspecified atom stereocenters. The molecule has 2 aromatic carbocycles. The molecule has 176 valence electrons. The summed E-state index contributed by atoms with van der Waals surface area (Å²) >= 11 is 12.1. The fourth-order valence-corrected chi connectivity index (χ4v) is 4.65. The van der Waals surface area contributed by atoms with Crippen LogP contribution in [0.3, 0.4) is 0 Å². The number of hydrogen-bond acceptors (Lipinski definition) is 5. The molecule has 1 aliphatic carbocycles.